The lowest BCUT2D eigenvalue weighted by molar-refractivity contribution is 0.492. The third kappa shape index (κ3) is 3.16. The van der Waals surface area contributed by atoms with Gasteiger partial charge in [-0.05, 0) is 30.9 Å². The molecule has 3 N–H and O–H groups in total. The number of imidazole rings is 1. The molecule has 4 rings (SSSR count). The summed E-state index contributed by atoms with van der Waals surface area (Å²) in [6, 6.07) is 10.3. The highest BCUT2D eigenvalue weighted by Crippen LogP contribution is 2.30. The van der Waals surface area contributed by atoms with E-state index in [0.29, 0.717) is 17.8 Å². The van der Waals surface area contributed by atoms with E-state index in [1.807, 2.05) is 12.1 Å². The predicted octanol–water partition coefficient (Wildman–Crippen LogP) is 3.44. The second kappa shape index (κ2) is 6.35. The zero-order valence-electron chi connectivity index (χ0n) is 14.7. The molecule has 1 saturated heterocycles. The van der Waals surface area contributed by atoms with Gasteiger partial charge in [-0.3, -0.25) is 0 Å². The molecule has 0 aliphatic carbocycles. The molecule has 1 fully saturated rings. The fourth-order valence-corrected chi connectivity index (χ4v) is 3.50. The highest BCUT2D eigenvalue weighted by atomic mass is 15.2. The van der Waals surface area contributed by atoms with Gasteiger partial charge in [0, 0.05) is 25.1 Å². The van der Waals surface area contributed by atoms with Gasteiger partial charge in [0.1, 0.15) is 11.6 Å². The van der Waals surface area contributed by atoms with Crippen molar-refractivity contribution in [2.75, 3.05) is 23.7 Å². The number of H-pyrrole nitrogens is 1. The highest BCUT2D eigenvalue weighted by Gasteiger charge is 2.25. The van der Waals surface area contributed by atoms with Crippen molar-refractivity contribution in [3.63, 3.8) is 0 Å². The number of nitrogens with two attached hydrogens (primary N) is 1. The van der Waals surface area contributed by atoms with Gasteiger partial charge in [0.05, 0.1) is 16.7 Å². The average Bonchev–Trinajstić information content (AvgIpc) is 3.05. The standard InChI is InChI=1S/C19H24N6/c1-12(2)16-10-17(24-19(20)23-16)25-9-5-6-13(11-25)18-21-14-7-3-4-8-15(14)22-18/h3-4,7-8,10,12-13H,5-6,9,11H2,1-2H3,(H,21,22)(H2,20,23,24). The van der Waals surface area contributed by atoms with Gasteiger partial charge in [0.2, 0.25) is 5.95 Å². The van der Waals surface area contributed by atoms with Crippen LogP contribution in [0.1, 0.15) is 50.0 Å². The fourth-order valence-electron chi connectivity index (χ4n) is 3.50. The van der Waals surface area contributed by atoms with Crippen LogP contribution >= 0.6 is 0 Å². The minimum absolute atomic E-state index is 0.333. The zero-order valence-corrected chi connectivity index (χ0v) is 14.7. The van der Waals surface area contributed by atoms with E-state index in [1.165, 1.54) is 0 Å². The number of anilines is 2. The van der Waals surface area contributed by atoms with Crippen molar-refractivity contribution in [1.29, 1.82) is 0 Å². The number of fused-ring (bicyclic) bond motifs is 1. The second-order valence-corrected chi connectivity index (χ2v) is 7.09. The molecule has 3 aromatic rings. The van der Waals surface area contributed by atoms with E-state index < -0.39 is 0 Å². The Balaban J connectivity index is 1.60. The van der Waals surface area contributed by atoms with Crippen LogP contribution in [-0.2, 0) is 0 Å². The summed E-state index contributed by atoms with van der Waals surface area (Å²) in [4.78, 5) is 19.4. The van der Waals surface area contributed by atoms with E-state index in [-0.39, 0.29) is 0 Å². The molecule has 130 valence electrons. The van der Waals surface area contributed by atoms with E-state index >= 15 is 0 Å². The number of nitrogens with zero attached hydrogens (tertiary/aromatic N) is 4. The first kappa shape index (κ1) is 15.9. The summed E-state index contributed by atoms with van der Waals surface area (Å²) >= 11 is 0. The minimum Gasteiger partial charge on any atom is -0.368 e. The second-order valence-electron chi connectivity index (χ2n) is 7.09. The lowest BCUT2D eigenvalue weighted by atomic mass is 9.97. The third-order valence-corrected chi connectivity index (χ3v) is 4.88. The first-order valence-electron chi connectivity index (χ1n) is 8.94. The van der Waals surface area contributed by atoms with Gasteiger partial charge < -0.3 is 15.6 Å². The summed E-state index contributed by atoms with van der Waals surface area (Å²) in [6.07, 6.45) is 2.25. The first-order valence-corrected chi connectivity index (χ1v) is 8.94. The Morgan fingerprint density at radius 1 is 1.20 bits per heavy atom. The molecule has 6 heteroatoms. The van der Waals surface area contributed by atoms with Crippen LogP contribution < -0.4 is 10.6 Å². The molecule has 0 amide bonds. The molecule has 2 aromatic heterocycles. The molecule has 1 aliphatic heterocycles. The number of benzene rings is 1. The summed E-state index contributed by atoms with van der Waals surface area (Å²) in [5.41, 5.74) is 9.06. The molecule has 0 bridgehead atoms. The minimum atomic E-state index is 0.333. The molecule has 1 aromatic carbocycles. The maximum absolute atomic E-state index is 5.93. The maximum atomic E-state index is 5.93. The molecule has 0 radical (unpaired) electrons. The summed E-state index contributed by atoms with van der Waals surface area (Å²) in [5.74, 6) is 3.06. The smallest absolute Gasteiger partial charge is 0.222 e. The number of aromatic amines is 1. The number of nitrogen functional groups attached to an aromatic ring is 1. The van der Waals surface area contributed by atoms with Crippen molar-refractivity contribution in [2.45, 2.75) is 38.5 Å². The topological polar surface area (TPSA) is 83.7 Å². The van der Waals surface area contributed by atoms with Gasteiger partial charge >= 0.3 is 0 Å². The van der Waals surface area contributed by atoms with Gasteiger partial charge in [0.25, 0.3) is 0 Å². The van der Waals surface area contributed by atoms with Crippen LogP contribution in [0.25, 0.3) is 11.0 Å². The van der Waals surface area contributed by atoms with Crippen LogP contribution in [0.15, 0.2) is 30.3 Å². The molecule has 1 aliphatic rings. The van der Waals surface area contributed by atoms with Crippen molar-refractivity contribution < 1.29 is 0 Å². The van der Waals surface area contributed by atoms with Crippen molar-refractivity contribution in [1.82, 2.24) is 19.9 Å². The SMILES string of the molecule is CC(C)c1cc(N2CCCC(c3nc4ccccc4[nH]3)C2)nc(N)n1. The Labute approximate surface area is 147 Å². The summed E-state index contributed by atoms with van der Waals surface area (Å²) < 4.78 is 0. The number of hydrogen-bond acceptors (Lipinski definition) is 5. The van der Waals surface area contributed by atoms with Crippen molar-refractivity contribution in [3.8, 4) is 0 Å². The van der Waals surface area contributed by atoms with Crippen LogP contribution in [0.5, 0.6) is 0 Å². The predicted molar refractivity (Wildman–Crippen MR) is 101 cm³/mol. The molecule has 0 saturated carbocycles. The molecule has 1 atom stereocenters. The van der Waals surface area contributed by atoms with Gasteiger partial charge in [-0.15, -0.1) is 0 Å². The quantitative estimate of drug-likeness (QED) is 0.765. The van der Waals surface area contributed by atoms with E-state index in [1.54, 1.807) is 0 Å². The summed E-state index contributed by atoms with van der Waals surface area (Å²) in [6.45, 7) is 6.14. The Morgan fingerprint density at radius 3 is 2.84 bits per heavy atom. The maximum Gasteiger partial charge on any atom is 0.222 e. The number of hydrogen-bond donors (Lipinski definition) is 2. The van der Waals surface area contributed by atoms with Gasteiger partial charge in [-0.25, -0.2) is 9.97 Å². The average molecular weight is 336 g/mol. The van der Waals surface area contributed by atoms with Crippen LogP contribution in [0.3, 0.4) is 0 Å². The van der Waals surface area contributed by atoms with Gasteiger partial charge in [-0.2, -0.15) is 4.98 Å². The number of piperidine rings is 1. The van der Waals surface area contributed by atoms with E-state index in [9.17, 15) is 0 Å². The molecular formula is C19H24N6. The number of nitrogens with one attached hydrogen (secondary N) is 1. The van der Waals surface area contributed by atoms with Crippen molar-refractivity contribution in [2.24, 2.45) is 0 Å². The number of rotatable bonds is 3. The summed E-state index contributed by atoms with van der Waals surface area (Å²) in [7, 11) is 0. The Bertz CT molecular complexity index is 852. The van der Waals surface area contributed by atoms with Crippen LogP contribution in [0.2, 0.25) is 0 Å². The summed E-state index contributed by atoms with van der Waals surface area (Å²) in [5, 5.41) is 0. The van der Waals surface area contributed by atoms with Crippen LogP contribution in [0.4, 0.5) is 11.8 Å². The van der Waals surface area contributed by atoms with Gasteiger partial charge in [-0.1, -0.05) is 26.0 Å². The highest BCUT2D eigenvalue weighted by molar-refractivity contribution is 5.74. The normalized spacial score (nSPS) is 18.2. The molecule has 1 unspecified atom stereocenters. The van der Waals surface area contributed by atoms with Crippen LogP contribution in [-0.4, -0.2) is 33.0 Å². The van der Waals surface area contributed by atoms with E-state index in [0.717, 1.165) is 54.3 Å². The third-order valence-electron chi connectivity index (χ3n) is 4.88. The van der Waals surface area contributed by atoms with Crippen molar-refractivity contribution >= 4 is 22.8 Å². The van der Waals surface area contributed by atoms with Gasteiger partial charge in [0.15, 0.2) is 0 Å². The first-order chi connectivity index (χ1) is 12.1. The Kier molecular flexibility index (Phi) is 4.03. The zero-order chi connectivity index (χ0) is 17.4. The Morgan fingerprint density at radius 2 is 2.04 bits per heavy atom. The molecule has 6 nitrogen and oxygen atoms in total. The van der Waals surface area contributed by atoms with Crippen LogP contribution in [0, 0.1) is 0 Å². The van der Waals surface area contributed by atoms with Crippen molar-refractivity contribution in [3.05, 3.63) is 41.9 Å². The molecule has 3 heterocycles. The lowest BCUT2D eigenvalue weighted by Crippen LogP contribution is -2.35. The lowest BCUT2D eigenvalue weighted by Gasteiger charge is -2.33. The van der Waals surface area contributed by atoms with E-state index in [2.05, 4.69) is 51.9 Å². The largest absolute Gasteiger partial charge is 0.368 e. The number of para-hydroxylation sites is 2. The Hall–Kier alpha value is -2.63. The number of aromatic nitrogens is 4. The monoisotopic (exact) mass is 336 g/mol. The molecular weight excluding hydrogens is 312 g/mol. The molecule has 25 heavy (non-hydrogen) atoms. The fraction of sp³-hybridized carbons (Fsp3) is 0.421. The van der Waals surface area contributed by atoms with E-state index in [4.69, 9.17) is 10.7 Å². The molecule has 0 spiro atoms.